The lowest BCUT2D eigenvalue weighted by Crippen LogP contribution is -2.19. The topological polar surface area (TPSA) is 110 Å². The van der Waals surface area contributed by atoms with Crippen molar-refractivity contribution in [3.05, 3.63) is 39.1 Å². The van der Waals surface area contributed by atoms with Crippen LogP contribution in [0.3, 0.4) is 0 Å². The van der Waals surface area contributed by atoms with Gasteiger partial charge in [-0.3, -0.25) is 9.59 Å². The zero-order valence-corrected chi connectivity index (χ0v) is 15.4. The van der Waals surface area contributed by atoms with Crippen LogP contribution in [0, 0.1) is 3.70 Å². The maximum atomic E-state index is 11.7. The fraction of sp³-hybridized carbons (Fsp3) is 0.143. The molecule has 7 nitrogen and oxygen atoms in total. The molecule has 1 aromatic carbocycles. The van der Waals surface area contributed by atoms with E-state index in [0.29, 0.717) is 25.9 Å². The number of benzene rings is 1. The quantitative estimate of drug-likeness (QED) is 0.282. The van der Waals surface area contributed by atoms with E-state index in [0.717, 1.165) is 0 Å². The molecule has 0 fully saturated rings. The van der Waals surface area contributed by atoms with E-state index >= 15 is 0 Å². The van der Waals surface area contributed by atoms with Crippen LogP contribution in [-0.4, -0.2) is 35.1 Å². The van der Waals surface area contributed by atoms with Gasteiger partial charge in [-0.2, -0.15) is 0 Å². The summed E-state index contributed by atoms with van der Waals surface area (Å²) >= 11 is 3.30. The number of carbonyl (C=O) groups is 2. The number of hydrogen-bond acceptors (Lipinski definition) is 6. The van der Waals surface area contributed by atoms with E-state index in [2.05, 4.69) is 20.6 Å². The van der Waals surface area contributed by atoms with Crippen molar-refractivity contribution >= 4 is 57.7 Å². The first kappa shape index (κ1) is 17.5. The van der Waals surface area contributed by atoms with Crippen molar-refractivity contribution in [2.75, 3.05) is 18.6 Å². The number of nitrogens with zero attached hydrogens (tertiary/aromatic N) is 2. The van der Waals surface area contributed by atoms with Crippen molar-refractivity contribution in [3.63, 3.8) is 0 Å². The molecule has 0 unspecified atom stereocenters. The van der Waals surface area contributed by atoms with Crippen LogP contribution in [0.1, 0.15) is 20.7 Å². The Hall–Kier alpha value is -1.88. The van der Waals surface area contributed by atoms with E-state index in [1.807, 2.05) is 28.8 Å². The number of halogens is 1. The van der Waals surface area contributed by atoms with Gasteiger partial charge in [-0.25, -0.2) is 9.97 Å². The van der Waals surface area contributed by atoms with Crippen LogP contribution in [0.4, 0.5) is 11.5 Å². The Labute approximate surface area is 151 Å². The summed E-state index contributed by atoms with van der Waals surface area (Å²) in [6.45, 7) is 0. The zero-order valence-electron chi connectivity index (χ0n) is 12.4. The van der Waals surface area contributed by atoms with Crippen molar-refractivity contribution in [1.82, 2.24) is 15.3 Å². The highest BCUT2D eigenvalue weighted by Gasteiger charge is 2.18. The Kier molecular flexibility index (Phi) is 5.77. The second kappa shape index (κ2) is 7.59. The first-order chi connectivity index (χ1) is 11.0. The molecule has 4 N–H and O–H groups in total. The Morgan fingerprint density at radius 1 is 1.30 bits per heavy atom. The number of nitrogens with one attached hydrogen (secondary N) is 2. The fourth-order valence-corrected chi connectivity index (χ4v) is 3.11. The van der Waals surface area contributed by atoms with Gasteiger partial charge in [-0.05, 0) is 47.0 Å². The highest BCUT2D eigenvalue weighted by atomic mass is 127. The van der Waals surface area contributed by atoms with Gasteiger partial charge in [0.2, 0.25) is 0 Å². The maximum Gasteiger partial charge on any atom is 0.255 e. The molecule has 0 radical (unpaired) electrons. The molecule has 2 aromatic rings. The van der Waals surface area contributed by atoms with Crippen LogP contribution in [0.2, 0.25) is 0 Å². The van der Waals surface area contributed by atoms with Crippen molar-refractivity contribution in [2.45, 2.75) is 5.16 Å². The van der Waals surface area contributed by atoms with Crippen molar-refractivity contribution in [2.24, 2.45) is 5.73 Å². The first-order valence-corrected chi connectivity index (χ1v) is 8.77. The van der Waals surface area contributed by atoms with E-state index in [9.17, 15) is 9.59 Å². The Bertz CT molecular complexity index is 769. The van der Waals surface area contributed by atoms with Crippen molar-refractivity contribution < 1.29 is 9.59 Å². The molecule has 0 atom stereocenters. The lowest BCUT2D eigenvalue weighted by atomic mass is 10.2. The number of anilines is 2. The van der Waals surface area contributed by atoms with Gasteiger partial charge >= 0.3 is 0 Å². The second-order valence-corrected chi connectivity index (χ2v) is 6.17. The minimum Gasteiger partial charge on any atom is -0.365 e. The lowest BCUT2D eigenvalue weighted by molar-refractivity contribution is 0.0961. The average molecular weight is 443 g/mol. The van der Waals surface area contributed by atoms with Crippen LogP contribution in [0.5, 0.6) is 0 Å². The number of thioether (sulfide) groups is 1. The van der Waals surface area contributed by atoms with Gasteiger partial charge in [0.05, 0.1) is 0 Å². The number of hydrogen-bond donors (Lipinski definition) is 3. The third-order valence-corrected chi connectivity index (χ3v) is 4.22. The predicted octanol–water partition coefficient (Wildman–Crippen LogP) is 2.01. The fourth-order valence-electron chi connectivity index (χ4n) is 1.83. The lowest BCUT2D eigenvalue weighted by Gasteiger charge is -2.12. The average Bonchev–Trinajstić information content (AvgIpc) is 2.53. The van der Waals surface area contributed by atoms with Crippen LogP contribution in [-0.2, 0) is 0 Å². The molecule has 0 aliphatic carbocycles. The second-order valence-electron chi connectivity index (χ2n) is 4.37. The molecule has 120 valence electrons. The van der Waals surface area contributed by atoms with Gasteiger partial charge in [0, 0.05) is 18.3 Å². The molecule has 9 heteroatoms. The monoisotopic (exact) mass is 443 g/mol. The summed E-state index contributed by atoms with van der Waals surface area (Å²) in [6.07, 6.45) is 1.84. The number of nitrogens with two attached hydrogens (primary N) is 1. The molecule has 0 saturated carbocycles. The third kappa shape index (κ3) is 4.10. The molecule has 23 heavy (non-hydrogen) atoms. The third-order valence-electron chi connectivity index (χ3n) is 2.89. The predicted molar refractivity (Wildman–Crippen MR) is 98.2 cm³/mol. The summed E-state index contributed by atoms with van der Waals surface area (Å²) in [5.74, 6) is -0.506. The Balaban J connectivity index is 2.45. The summed E-state index contributed by atoms with van der Waals surface area (Å²) in [4.78, 5) is 31.9. The smallest absolute Gasteiger partial charge is 0.255 e. The molecular weight excluding hydrogens is 429 g/mol. The van der Waals surface area contributed by atoms with Gasteiger partial charge in [-0.15, -0.1) is 0 Å². The number of rotatable bonds is 5. The molecule has 0 aliphatic heterocycles. The summed E-state index contributed by atoms with van der Waals surface area (Å²) in [5.41, 5.74) is 6.76. The molecule has 0 bridgehead atoms. The zero-order chi connectivity index (χ0) is 17.0. The molecule has 0 saturated heterocycles. The molecule has 0 aliphatic rings. The van der Waals surface area contributed by atoms with E-state index in [-0.39, 0.29) is 11.5 Å². The number of primary amides is 1. The molecule has 1 heterocycles. The Morgan fingerprint density at radius 3 is 2.65 bits per heavy atom. The van der Waals surface area contributed by atoms with Gasteiger partial charge in [0.1, 0.15) is 15.1 Å². The van der Waals surface area contributed by atoms with E-state index in [1.165, 1.54) is 11.8 Å². The normalized spacial score (nSPS) is 10.2. The van der Waals surface area contributed by atoms with Gasteiger partial charge in [0.15, 0.2) is 5.16 Å². The van der Waals surface area contributed by atoms with E-state index < -0.39 is 5.91 Å². The number of amides is 2. The summed E-state index contributed by atoms with van der Waals surface area (Å²) in [5, 5.41) is 6.11. The molecule has 0 spiro atoms. The standard InChI is InChI=1S/C14H14IN5O2S/c1-17-13(22)7-4-3-5-8(6-7)18-12-9(11(16)21)10(15)19-14(20-12)23-2/h3-6H,1-2H3,(H2,16,21)(H,17,22)(H,18,19,20). The Morgan fingerprint density at radius 2 is 2.04 bits per heavy atom. The SMILES string of the molecule is CNC(=O)c1cccc(Nc2nc(SC)nc(I)c2C(N)=O)c1. The summed E-state index contributed by atoms with van der Waals surface area (Å²) in [7, 11) is 1.56. The minimum atomic E-state index is -0.619. The van der Waals surface area contributed by atoms with Gasteiger partial charge in [0.25, 0.3) is 11.8 Å². The summed E-state index contributed by atoms with van der Waals surface area (Å²) in [6, 6.07) is 6.86. The number of aromatic nitrogens is 2. The highest BCUT2D eigenvalue weighted by molar-refractivity contribution is 14.1. The molecular formula is C14H14IN5O2S. The van der Waals surface area contributed by atoms with Gasteiger partial charge < -0.3 is 16.4 Å². The largest absolute Gasteiger partial charge is 0.365 e. The van der Waals surface area contributed by atoms with Crippen molar-refractivity contribution in [1.29, 1.82) is 0 Å². The van der Waals surface area contributed by atoms with Crippen LogP contribution in [0.15, 0.2) is 29.4 Å². The first-order valence-electron chi connectivity index (χ1n) is 6.46. The minimum absolute atomic E-state index is 0.203. The summed E-state index contributed by atoms with van der Waals surface area (Å²) < 4.78 is 0.472. The van der Waals surface area contributed by atoms with Crippen LogP contribution in [0.25, 0.3) is 0 Å². The molecule has 1 aromatic heterocycles. The van der Waals surface area contributed by atoms with E-state index in [1.54, 1.807) is 31.3 Å². The molecule has 2 rings (SSSR count). The van der Waals surface area contributed by atoms with Crippen molar-refractivity contribution in [3.8, 4) is 0 Å². The highest BCUT2D eigenvalue weighted by Crippen LogP contribution is 2.25. The maximum absolute atomic E-state index is 11.7. The van der Waals surface area contributed by atoms with Crippen LogP contribution < -0.4 is 16.4 Å². The van der Waals surface area contributed by atoms with E-state index in [4.69, 9.17) is 5.73 Å². The van der Waals surface area contributed by atoms with Crippen LogP contribution >= 0.6 is 34.4 Å². The number of carbonyl (C=O) groups excluding carboxylic acids is 2. The molecule has 2 amide bonds. The van der Waals surface area contributed by atoms with Gasteiger partial charge in [-0.1, -0.05) is 17.8 Å².